The summed E-state index contributed by atoms with van der Waals surface area (Å²) in [5, 5.41) is 5.69. The minimum Gasteiger partial charge on any atom is -0.495 e. The number of methoxy groups -OCH3 is 2. The maximum atomic E-state index is 13.2. The molecule has 0 saturated carbocycles. The Bertz CT molecular complexity index is 1960. The van der Waals surface area contributed by atoms with Crippen molar-refractivity contribution in [3.63, 3.8) is 0 Å². The van der Waals surface area contributed by atoms with Gasteiger partial charge in [-0.2, -0.15) is 8.61 Å². The van der Waals surface area contributed by atoms with Gasteiger partial charge in [-0.15, -0.1) is 0 Å². The third kappa shape index (κ3) is 9.85. The highest BCUT2D eigenvalue weighted by Crippen LogP contribution is 2.35. The molecule has 0 saturated heterocycles. The quantitative estimate of drug-likeness (QED) is 0.0994. The molecular weight excluding hydrogens is 729 g/mol. The van der Waals surface area contributed by atoms with Crippen molar-refractivity contribution in [1.29, 1.82) is 0 Å². The van der Waals surface area contributed by atoms with Gasteiger partial charge in [0.2, 0.25) is 20.0 Å². The van der Waals surface area contributed by atoms with E-state index in [4.69, 9.17) is 9.47 Å². The zero-order valence-electron chi connectivity index (χ0n) is 31.7. The number of benzene rings is 4. The molecule has 0 radical (unpaired) electrons. The number of amides is 2. The van der Waals surface area contributed by atoms with Crippen LogP contribution in [-0.4, -0.2) is 77.7 Å². The summed E-state index contributed by atoms with van der Waals surface area (Å²) in [6.07, 6.45) is 2.79. The van der Waals surface area contributed by atoms with E-state index >= 15 is 0 Å². The van der Waals surface area contributed by atoms with Gasteiger partial charge >= 0.3 is 0 Å². The van der Waals surface area contributed by atoms with Crippen LogP contribution < -0.4 is 20.1 Å². The summed E-state index contributed by atoms with van der Waals surface area (Å²) in [6.45, 7) is 9.41. The lowest BCUT2D eigenvalue weighted by Crippen LogP contribution is -2.32. The Morgan fingerprint density at radius 2 is 0.833 bits per heavy atom. The Labute approximate surface area is 319 Å². The molecule has 54 heavy (non-hydrogen) atoms. The van der Waals surface area contributed by atoms with Gasteiger partial charge in [0.25, 0.3) is 11.8 Å². The first-order chi connectivity index (χ1) is 25.8. The summed E-state index contributed by atoms with van der Waals surface area (Å²) in [5.41, 5.74) is 2.89. The average Bonchev–Trinajstić information content (AvgIpc) is 3.18. The van der Waals surface area contributed by atoms with Gasteiger partial charge in [-0.3, -0.25) is 9.59 Å². The molecule has 12 nitrogen and oxygen atoms in total. The normalized spacial score (nSPS) is 11.8. The summed E-state index contributed by atoms with van der Waals surface area (Å²) < 4.78 is 66.7. The van der Waals surface area contributed by atoms with E-state index in [2.05, 4.69) is 10.6 Å². The molecule has 0 aliphatic heterocycles. The molecule has 0 aromatic heterocycles. The summed E-state index contributed by atoms with van der Waals surface area (Å²) in [4.78, 5) is 26.6. The minimum atomic E-state index is -3.67. The van der Waals surface area contributed by atoms with Crippen LogP contribution in [0.15, 0.2) is 94.7 Å². The molecule has 4 aromatic rings. The van der Waals surface area contributed by atoms with Crippen molar-refractivity contribution in [1.82, 2.24) is 8.61 Å². The maximum Gasteiger partial charge on any atom is 0.255 e. The standard InChI is InChI=1S/C40H50N4O8S2/c1-7-23-43(24-8-2)53(47,48)33-17-11-29(12-18-33)39(45)41-35-21-15-31(27-37(35)51-5)32-16-22-36(38(28-32)52-6)42-40(46)30-13-19-34(20-14-30)54(49,50)44(25-9-3)26-10-4/h11-22,27-28H,7-10,23-26H2,1-6H3,(H,41,45)(H,42,46). The number of carbonyl (C=O) groups excluding carboxylic acids is 2. The van der Waals surface area contributed by atoms with Crippen molar-refractivity contribution in [2.24, 2.45) is 0 Å². The van der Waals surface area contributed by atoms with Crippen molar-refractivity contribution < 1.29 is 35.9 Å². The lowest BCUT2D eigenvalue weighted by Gasteiger charge is -2.21. The largest absolute Gasteiger partial charge is 0.495 e. The zero-order valence-corrected chi connectivity index (χ0v) is 33.3. The highest BCUT2D eigenvalue weighted by molar-refractivity contribution is 7.89. The van der Waals surface area contributed by atoms with Crippen LogP contribution in [0.25, 0.3) is 11.1 Å². The number of nitrogens with one attached hydrogen (secondary N) is 2. The van der Waals surface area contributed by atoms with E-state index < -0.39 is 31.9 Å². The second kappa shape index (κ2) is 19.0. The molecule has 0 aliphatic rings. The third-order valence-electron chi connectivity index (χ3n) is 8.63. The Hall–Kier alpha value is -4.76. The van der Waals surface area contributed by atoms with Crippen molar-refractivity contribution in [2.45, 2.75) is 63.2 Å². The smallest absolute Gasteiger partial charge is 0.255 e. The van der Waals surface area contributed by atoms with Gasteiger partial charge in [-0.1, -0.05) is 39.8 Å². The van der Waals surface area contributed by atoms with E-state index in [9.17, 15) is 26.4 Å². The van der Waals surface area contributed by atoms with Gasteiger partial charge in [0.1, 0.15) is 11.5 Å². The number of rotatable bonds is 19. The monoisotopic (exact) mass is 778 g/mol. The molecule has 2 amide bonds. The molecular formula is C40H50N4O8S2. The first-order valence-electron chi connectivity index (χ1n) is 18.0. The van der Waals surface area contributed by atoms with Gasteiger partial charge in [0.15, 0.2) is 0 Å². The molecule has 0 bridgehead atoms. The van der Waals surface area contributed by atoms with Gasteiger partial charge in [-0.05, 0) is 110 Å². The fourth-order valence-corrected chi connectivity index (χ4v) is 9.14. The van der Waals surface area contributed by atoms with Crippen LogP contribution in [0, 0.1) is 0 Å². The van der Waals surface area contributed by atoms with Crippen LogP contribution in [0.1, 0.15) is 74.1 Å². The van der Waals surface area contributed by atoms with Crippen LogP contribution in [0.5, 0.6) is 11.5 Å². The second-order valence-electron chi connectivity index (χ2n) is 12.6. The van der Waals surface area contributed by atoms with Crippen molar-refractivity contribution in [3.05, 3.63) is 96.1 Å². The topological polar surface area (TPSA) is 151 Å². The molecule has 4 aromatic carbocycles. The predicted molar refractivity (Wildman–Crippen MR) is 212 cm³/mol. The van der Waals surface area contributed by atoms with Gasteiger partial charge in [0.05, 0.1) is 35.4 Å². The van der Waals surface area contributed by atoms with Crippen molar-refractivity contribution >= 4 is 43.2 Å². The fraction of sp³-hybridized carbons (Fsp3) is 0.350. The highest BCUT2D eigenvalue weighted by atomic mass is 32.2. The predicted octanol–water partition coefficient (Wildman–Crippen LogP) is 7.50. The Balaban J connectivity index is 1.48. The summed E-state index contributed by atoms with van der Waals surface area (Å²) in [7, 11) is -4.38. The van der Waals surface area contributed by atoms with Crippen LogP contribution >= 0.6 is 0 Å². The maximum absolute atomic E-state index is 13.2. The first kappa shape index (κ1) is 42.0. The number of hydrogen-bond donors (Lipinski definition) is 2. The van der Waals surface area contributed by atoms with E-state index in [1.807, 2.05) is 27.7 Å². The molecule has 0 unspecified atom stereocenters. The molecule has 2 N–H and O–H groups in total. The van der Waals surface area contributed by atoms with E-state index in [-0.39, 0.29) is 20.9 Å². The van der Waals surface area contributed by atoms with E-state index in [1.165, 1.54) is 71.4 Å². The fourth-order valence-electron chi connectivity index (χ4n) is 5.89. The molecule has 290 valence electrons. The first-order valence-corrected chi connectivity index (χ1v) is 20.9. The van der Waals surface area contributed by atoms with Crippen molar-refractivity contribution in [2.75, 3.05) is 51.0 Å². The lowest BCUT2D eigenvalue weighted by atomic mass is 10.0. The van der Waals surface area contributed by atoms with Gasteiger partial charge in [-0.25, -0.2) is 16.8 Å². The van der Waals surface area contributed by atoms with Crippen LogP contribution in [0.3, 0.4) is 0 Å². The van der Waals surface area contributed by atoms with Crippen LogP contribution in [0.4, 0.5) is 11.4 Å². The summed E-state index contributed by atoms with van der Waals surface area (Å²) >= 11 is 0. The molecule has 0 spiro atoms. The third-order valence-corrected chi connectivity index (χ3v) is 12.5. The Morgan fingerprint density at radius 1 is 0.519 bits per heavy atom. The number of sulfonamides is 2. The van der Waals surface area contributed by atoms with E-state index in [0.717, 1.165) is 11.1 Å². The molecule has 0 atom stereocenters. The molecule has 4 rings (SSSR count). The van der Waals surface area contributed by atoms with Gasteiger partial charge < -0.3 is 20.1 Å². The summed E-state index contributed by atoms with van der Waals surface area (Å²) in [6, 6.07) is 22.2. The van der Waals surface area contributed by atoms with Crippen LogP contribution in [-0.2, 0) is 20.0 Å². The molecule has 0 heterocycles. The SMILES string of the molecule is CCCN(CCC)S(=O)(=O)c1ccc(C(=O)Nc2ccc(-c3ccc(NC(=O)c4ccc(S(=O)(=O)N(CCC)CCC)cc4)c(OC)c3)cc2OC)cc1. The lowest BCUT2D eigenvalue weighted by molar-refractivity contribution is 0.101. The number of ether oxygens (including phenoxy) is 2. The highest BCUT2D eigenvalue weighted by Gasteiger charge is 2.25. The van der Waals surface area contributed by atoms with Gasteiger partial charge in [0, 0.05) is 37.3 Å². The summed E-state index contributed by atoms with van der Waals surface area (Å²) in [5.74, 6) is -0.0813. The number of hydrogen-bond acceptors (Lipinski definition) is 8. The second-order valence-corrected chi connectivity index (χ2v) is 16.5. The average molecular weight is 779 g/mol. The van der Waals surface area contributed by atoms with Crippen molar-refractivity contribution in [3.8, 4) is 22.6 Å². The number of anilines is 2. The minimum absolute atomic E-state index is 0.132. The molecule has 0 aliphatic carbocycles. The Kier molecular flexibility index (Phi) is 14.8. The Morgan fingerprint density at radius 3 is 1.11 bits per heavy atom. The molecule has 0 fully saturated rings. The van der Waals surface area contributed by atoms with E-state index in [0.29, 0.717) is 74.7 Å². The van der Waals surface area contributed by atoms with Crippen LogP contribution in [0.2, 0.25) is 0 Å². The van der Waals surface area contributed by atoms with E-state index in [1.54, 1.807) is 36.4 Å². The zero-order chi connectivity index (χ0) is 39.5. The number of nitrogens with zero attached hydrogens (tertiary/aromatic N) is 2. The molecule has 14 heteroatoms. The number of carbonyl (C=O) groups is 2.